The summed E-state index contributed by atoms with van der Waals surface area (Å²) in [4.78, 5) is 0. The molecule has 0 heterocycles. The summed E-state index contributed by atoms with van der Waals surface area (Å²) in [6, 6.07) is 1.86. The molecule has 4 nitrogen and oxygen atoms in total. The van der Waals surface area contributed by atoms with E-state index in [0.717, 1.165) is 0 Å². The summed E-state index contributed by atoms with van der Waals surface area (Å²) in [6.45, 7) is 0. The third-order valence-corrected chi connectivity index (χ3v) is 0.524. The van der Waals surface area contributed by atoms with Gasteiger partial charge in [0.15, 0.2) is 0 Å². The van der Waals surface area contributed by atoms with Crippen molar-refractivity contribution < 1.29 is 0 Å². The predicted octanol–water partition coefficient (Wildman–Crippen LogP) is -0.280. The molecule has 0 saturated carbocycles. The third kappa shape index (κ3) is 2.96. The molecular formula is C3H8N4. The van der Waals surface area contributed by atoms with E-state index in [1.165, 1.54) is 5.12 Å². The van der Waals surface area contributed by atoms with Gasteiger partial charge in [0.1, 0.15) is 6.01 Å². The Labute approximate surface area is 42.3 Å². The van der Waals surface area contributed by atoms with Crippen LogP contribution in [0.15, 0.2) is 5.10 Å². The first-order chi connectivity index (χ1) is 3.31. The molecule has 0 saturated heterocycles. The highest BCUT2D eigenvalue weighted by molar-refractivity contribution is 5.34. The maximum Gasteiger partial charge on any atom is 0.113 e. The Hall–Kier alpha value is -0.860. The van der Waals surface area contributed by atoms with Crippen molar-refractivity contribution in [3.63, 3.8) is 0 Å². The lowest BCUT2D eigenvalue weighted by atomic mass is 11.3. The van der Waals surface area contributed by atoms with Gasteiger partial charge in [-0.05, 0) is 0 Å². The number of hydrazine groups is 1. The molecule has 0 aliphatic carbocycles. The van der Waals surface area contributed by atoms with Crippen LogP contribution in [0.2, 0.25) is 0 Å². The van der Waals surface area contributed by atoms with Crippen LogP contribution in [0.3, 0.4) is 0 Å². The van der Waals surface area contributed by atoms with Gasteiger partial charge >= 0.3 is 0 Å². The Morgan fingerprint density at radius 3 is 2.57 bits per heavy atom. The minimum Gasteiger partial charge on any atom is -0.240 e. The molecule has 0 aromatic heterocycles. The lowest BCUT2D eigenvalue weighted by Gasteiger charge is -2.04. The van der Waals surface area contributed by atoms with Crippen molar-refractivity contribution >= 4 is 6.01 Å². The van der Waals surface area contributed by atoms with E-state index < -0.39 is 0 Å². The van der Waals surface area contributed by atoms with Crippen LogP contribution in [0.5, 0.6) is 0 Å². The first kappa shape index (κ1) is 6.14. The standard InChI is InChI=1S/C3H8N4/c1-5-7(2)6-3-4/h4-5H,1-2H3. The number of nitrogens with zero attached hydrogens (tertiary/aromatic N) is 2. The maximum atomic E-state index is 6.34. The quantitative estimate of drug-likeness (QED) is 0.370. The molecule has 2 N–H and O–H groups in total. The van der Waals surface area contributed by atoms with E-state index in [-0.39, 0.29) is 0 Å². The van der Waals surface area contributed by atoms with Crippen molar-refractivity contribution in [3.05, 3.63) is 0 Å². The first-order valence-electron chi connectivity index (χ1n) is 1.84. The minimum atomic E-state index is 1.38. The van der Waals surface area contributed by atoms with Gasteiger partial charge < -0.3 is 0 Å². The molecule has 0 rings (SSSR count). The molecule has 4 heteroatoms. The van der Waals surface area contributed by atoms with Crippen molar-refractivity contribution in [2.45, 2.75) is 0 Å². The van der Waals surface area contributed by atoms with Crippen LogP contribution in [-0.4, -0.2) is 25.2 Å². The summed E-state index contributed by atoms with van der Waals surface area (Å²) in [5.74, 6) is 0. The van der Waals surface area contributed by atoms with Crippen molar-refractivity contribution in [1.29, 1.82) is 5.41 Å². The molecule has 0 amide bonds. The Morgan fingerprint density at radius 2 is 2.43 bits per heavy atom. The zero-order valence-corrected chi connectivity index (χ0v) is 4.39. The van der Waals surface area contributed by atoms with Gasteiger partial charge in [-0.3, -0.25) is 0 Å². The molecule has 40 valence electrons. The number of nitrogens with one attached hydrogen (secondary N) is 2. The van der Waals surface area contributed by atoms with Gasteiger partial charge in [-0.25, -0.2) is 16.0 Å². The zero-order valence-electron chi connectivity index (χ0n) is 4.39. The molecule has 0 fully saturated rings. The smallest absolute Gasteiger partial charge is 0.113 e. The van der Waals surface area contributed by atoms with Gasteiger partial charge in [0.25, 0.3) is 0 Å². The van der Waals surface area contributed by atoms with E-state index in [4.69, 9.17) is 5.41 Å². The normalized spacial score (nSPS) is 7.14. The second-order valence-corrected chi connectivity index (χ2v) is 0.959. The molecule has 0 aliphatic rings. The summed E-state index contributed by atoms with van der Waals surface area (Å²) in [5, 5.41) is 11.1. The number of hydrogen-bond acceptors (Lipinski definition) is 4. The third-order valence-electron chi connectivity index (χ3n) is 0.524. The van der Waals surface area contributed by atoms with Crippen molar-refractivity contribution in [3.8, 4) is 0 Å². The molecule has 0 radical (unpaired) electrons. The van der Waals surface area contributed by atoms with Crippen LogP contribution < -0.4 is 5.43 Å². The van der Waals surface area contributed by atoms with E-state index in [9.17, 15) is 0 Å². The van der Waals surface area contributed by atoms with Crippen LogP contribution in [0.25, 0.3) is 0 Å². The van der Waals surface area contributed by atoms with Gasteiger partial charge in [0.2, 0.25) is 0 Å². The average Bonchev–Trinajstić information content (AvgIpc) is 1.68. The number of hydrogen-bond donors (Lipinski definition) is 2. The Morgan fingerprint density at radius 1 is 1.86 bits per heavy atom. The van der Waals surface area contributed by atoms with Crippen molar-refractivity contribution in [2.75, 3.05) is 14.1 Å². The van der Waals surface area contributed by atoms with Crippen LogP contribution in [0.1, 0.15) is 0 Å². The van der Waals surface area contributed by atoms with E-state index in [1.54, 1.807) is 14.1 Å². The molecule has 0 aromatic rings. The summed E-state index contributed by atoms with van der Waals surface area (Å²) in [5.41, 5.74) is 2.65. The van der Waals surface area contributed by atoms with Crippen molar-refractivity contribution in [1.82, 2.24) is 10.5 Å². The van der Waals surface area contributed by atoms with Crippen LogP contribution in [0.4, 0.5) is 0 Å². The molecule has 0 unspecified atom stereocenters. The van der Waals surface area contributed by atoms with Gasteiger partial charge in [-0.15, -0.1) is 0 Å². The molecule has 0 atom stereocenters. The highest BCUT2D eigenvalue weighted by Crippen LogP contribution is 1.65. The van der Waals surface area contributed by atoms with Gasteiger partial charge in [-0.1, -0.05) is 5.10 Å². The molecule has 7 heavy (non-hydrogen) atoms. The van der Waals surface area contributed by atoms with Gasteiger partial charge in [0, 0.05) is 14.1 Å². The van der Waals surface area contributed by atoms with Gasteiger partial charge in [-0.2, -0.15) is 0 Å². The average molecular weight is 100 g/mol. The lowest BCUT2D eigenvalue weighted by molar-refractivity contribution is 0.276. The van der Waals surface area contributed by atoms with E-state index >= 15 is 0 Å². The zero-order chi connectivity index (χ0) is 5.70. The molecule has 0 spiro atoms. The predicted molar refractivity (Wildman–Crippen MR) is 27.0 cm³/mol. The fraction of sp³-hybridized carbons (Fsp3) is 0.667. The molecule has 0 aromatic carbocycles. The SMILES string of the molecule is CNN(C)N=C=N. The summed E-state index contributed by atoms with van der Waals surface area (Å²) < 4.78 is 0. The van der Waals surface area contributed by atoms with E-state index in [1.807, 2.05) is 6.01 Å². The number of rotatable bonds is 2. The minimum absolute atomic E-state index is 1.38. The molecule has 0 aliphatic heterocycles. The highest BCUT2D eigenvalue weighted by Gasteiger charge is 1.75. The fourth-order valence-corrected chi connectivity index (χ4v) is 0.125. The van der Waals surface area contributed by atoms with Crippen molar-refractivity contribution in [2.24, 2.45) is 5.10 Å². The first-order valence-corrected chi connectivity index (χ1v) is 1.84. The lowest BCUT2D eigenvalue weighted by Crippen LogP contribution is -2.24. The summed E-state index contributed by atoms with van der Waals surface area (Å²) >= 11 is 0. The number of hydrazone groups is 1. The molecule has 0 bridgehead atoms. The summed E-state index contributed by atoms with van der Waals surface area (Å²) in [6.07, 6.45) is 0. The topological polar surface area (TPSA) is 51.5 Å². The van der Waals surface area contributed by atoms with E-state index in [2.05, 4.69) is 10.5 Å². The summed E-state index contributed by atoms with van der Waals surface area (Å²) in [7, 11) is 3.39. The van der Waals surface area contributed by atoms with E-state index in [0.29, 0.717) is 0 Å². The van der Waals surface area contributed by atoms with Crippen LogP contribution in [0, 0.1) is 5.41 Å². The second-order valence-electron chi connectivity index (χ2n) is 0.959. The van der Waals surface area contributed by atoms with Crippen LogP contribution in [-0.2, 0) is 0 Å². The maximum absolute atomic E-state index is 6.34. The largest absolute Gasteiger partial charge is 0.240 e. The monoisotopic (exact) mass is 100 g/mol. The molecular weight excluding hydrogens is 92.1 g/mol. The highest BCUT2D eigenvalue weighted by atomic mass is 15.7. The van der Waals surface area contributed by atoms with Crippen LogP contribution >= 0.6 is 0 Å². The Balaban J connectivity index is 3.35. The van der Waals surface area contributed by atoms with Gasteiger partial charge in [0.05, 0.1) is 0 Å². The fourth-order valence-electron chi connectivity index (χ4n) is 0.125. The second kappa shape index (κ2) is 3.33. The Bertz CT molecular complexity index is 82.9. The Kier molecular flexibility index (Phi) is 2.92.